The Balaban J connectivity index is 1.76. The van der Waals surface area contributed by atoms with Crippen LogP contribution in [0.25, 0.3) is 11.3 Å². The first-order valence-electron chi connectivity index (χ1n) is 14.2. The Labute approximate surface area is 235 Å². The second-order valence-electron chi connectivity index (χ2n) is 13.5. The smallest absolute Gasteiger partial charge is 0.213 e. The highest BCUT2D eigenvalue weighted by Crippen LogP contribution is 2.45. The topological polar surface area (TPSA) is 37.5 Å². The minimum Gasteiger partial charge on any atom is -0.478 e. The summed E-state index contributed by atoms with van der Waals surface area (Å²) in [5.41, 5.74) is 9.61. The zero-order valence-electron chi connectivity index (χ0n) is 24.7. The highest BCUT2D eigenvalue weighted by atomic mass is 28.3. The molecule has 0 amide bonds. The highest BCUT2D eigenvalue weighted by molar-refractivity contribution is 6.89. The standard InChI is InChI=1S/C34H44N3OSi/c1-10-29-32-23(3)38-21-35-19-24(32)15-16-28-26-13-11-12-14-27(26)30-17-25(18-34(4,5)6)31(39(7,8)9)20-37(30)33(28)22(2)36-29/h10-14,17,20,28,33,35H,1-3,15-16,18-19,21H2,4-9H3/q+1/b36-29-. The summed E-state index contributed by atoms with van der Waals surface area (Å²) in [6.07, 6.45) is 7.29. The number of hydrogen-bond acceptors (Lipinski definition) is 3. The third kappa shape index (κ3) is 5.27. The third-order valence-electron chi connectivity index (χ3n) is 8.18. The summed E-state index contributed by atoms with van der Waals surface area (Å²) in [5.74, 6) is 0.917. The van der Waals surface area contributed by atoms with Crippen LogP contribution < -0.4 is 15.1 Å². The molecule has 2 aromatic rings. The Hall–Kier alpha value is -3.02. The van der Waals surface area contributed by atoms with Crippen LogP contribution in [0, 0.1) is 5.41 Å². The summed E-state index contributed by atoms with van der Waals surface area (Å²) in [5, 5.41) is 4.93. The number of rotatable bonds is 3. The van der Waals surface area contributed by atoms with E-state index in [1.807, 2.05) is 6.08 Å². The van der Waals surface area contributed by atoms with Gasteiger partial charge in [0.2, 0.25) is 11.7 Å². The van der Waals surface area contributed by atoms with Crippen molar-refractivity contribution in [1.82, 2.24) is 5.32 Å². The molecule has 4 nitrogen and oxygen atoms in total. The molecule has 0 saturated heterocycles. The molecule has 204 valence electrons. The minimum atomic E-state index is -1.65. The van der Waals surface area contributed by atoms with E-state index in [0.29, 0.717) is 12.5 Å². The van der Waals surface area contributed by atoms with Gasteiger partial charge in [0.15, 0.2) is 6.20 Å². The monoisotopic (exact) mass is 538 g/mol. The maximum Gasteiger partial charge on any atom is 0.213 e. The van der Waals surface area contributed by atoms with E-state index in [1.165, 1.54) is 33.1 Å². The van der Waals surface area contributed by atoms with Gasteiger partial charge in [-0.1, -0.05) is 78.3 Å². The van der Waals surface area contributed by atoms with E-state index < -0.39 is 8.07 Å². The van der Waals surface area contributed by atoms with Crippen molar-refractivity contribution in [3.8, 4) is 11.3 Å². The molecule has 1 aromatic heterocycles. The Bertz CT molecular complexity index is 1420. The summed E-state index contributed by atoms with van der Waals surface area (Å²) < 4.78 is 8.41. The summed E-state index contributed by atoms with van der Waals surface area (Å²) >= 11 is 0. The zero-order chi connectivity index (χ0) is 28.1. The number of ether oxygens (including phenoxy) is 1. The van der Waals surface area contributed by atoms with E-state index in [1.54, 1.807) is 0 Å². The van der Waals surface area contributed by atoms with E-state index in [-0.39, 0.29) is 17.4 Å². The molecule has 0 aliphatic carbocycles. The van der Waals surface area contributed by atoms with E-state index >= 15 is 0 Å². The lowest BCUT2D eigenvalue weighted by atomic mass is 9.78. The highest BCUT2D eigenvalue weighted by Gasteiger charge is 2.44. The van der Waals surface area contributed by atoms with Gasteiger partial charge in [0.05, 0.1) is 19.7 Å². The maximum absolute atomic E-state index is 5.89. The molecule has 2 unspecified atom stereocenters. The van der Waals surface area contributed by atoms with Gasteiger partial charge < -0.3 is 4.74 Å². The van der Waals surface area contributed by atoms with Gasteiger partial charge in [-0.05, 0) is 53.5 Å². The summed E-state index contributed by atoms with van der Waals surface area (Å²) in [4.78, 5) is 5.19. The average molecular weight is 539 g/mol. The molecule has 39 heavy (non-hydrogen) atoms. The molecule has 0 fully saturated rings. The zero-order valence-corrected chi connectivity index (χ0v) is 25.7. The van der Waals surface area contributed by atoms with Crippen LogP contribution in [-0.4, -0.2) is 27.1 Å². The molecule has 5 rings (SSSR count). The molecular formula is C34H44N3OSi+. The quantitative estimate of drug-likeness (QED) is 0.347. The van der Waals surface area contributed by atoms with Crippen molar-refractivity contribution in [2.45, 2.75) is 71.6 Å². The number of allylic oxidation sites excluding steroid dienone is 3. The van der Waals surface area contributed by atoms with Crippen LogP contribution in [0.3, 0.4) is 0 Å². The fourth-order valence-corrected chi connectivity index (χ4v) is 8.21. The predicted molar refractivity (Wildman–Crippen MR) is 166 cm³/mol. The first kappa shape index (κ1) is 27.5. The van der Waals surface area contributed by atoms with E-state index in [4.69, 9.17) is 9.73 Å². The fraction of sp³-hybridized carbons (Fsp3) is 0.412. The largest absolute Gasteiger partial charge is 0.478 e. The van der Waals surface area contributed by atoms with Gasteiger partial charge in [0.1, 0.15) is 18.2 Å². The molecule has 0 saturated carbocycles. The molecule has 4 heterocycles. The van der Waals surface area contributed by atoms with Crippen LogP contribution in [-0.2, 0) is 11.2 Å². The maximum atomic E-state index is 5.89. The molecule has 1 aromatic carbocycles. The van der Waals surface area contributed by atoms with Gasteiger partial charge in [0, 0.05) is 28.9 Å². The second-order valence-corrected chi connectivity index (χ2v) is 18.5. The SMILES string of the molecule is C=C/C1=N/C(=C)C2C(CCC3=C1C(=C)OCNC3)c1ccccc1-c1cc(CC(C)(C)C)c([Si](C)(C)C)c[n+]12. The van der Waals surface area contributed by atoms with Crippen LogP contribution in [0.5, 0.6) is 0 Å². The molecule has 1 N–H and O–H groups in total. The van der Waals surface area contributed by atoms with Crippen molar-refractivity contribution in [1.29, 1.82) is 0 Å². The van der Waals surface area contributed by atoms with Gasteiger partial charge in [-0.2, -0.15) is 4.57 Å². The van der Waals surface area contributed by atoms with E-state index in [2.05, 4.69) is 107 Å². The Kier molecular flexibility index (Phi) is 7.19. The van der Waals surface area contributed by atoms with Crippen molar-refractivity contribution in [2.24, 2.45) is 10.4 Å². The molecule has 2 atom stereocenters. The Morgan fingerprint density at radius 3 is 2.62 bits per heavy atom. The van der Waals surface area contributed by atoms with Gasteiger partial charge >= 0.3 is 0 Å². The van der Waals surface area contributed by atoms with Crippen LogP contribution in [0.15, 0.2) is 89.9 Å². The fourth-order valence-electron chi connectivity index (χ4n) is 6.56. The molecule has 5 heteroatoms. The van der Waals surface area contributed by atoms with Crippen LogP contribution in [0.1, 0.15) is 56.7 Å². The lowest BCUT2D eigenvalue weighted by molar-refractivity contribution is -0.708. The molecule has 0 radical (unpaired) electrons. The van der Waals surface area contributed by atoms with Crippen molar-refractivity contribution in [3.63, 3.8) is 0 Å². The van der Waals surface area contributed by atoms with Crippen molar-refractivity contribution in [2.75, 3.05) is 13.3 Å². The Morgan fingerprint density at radius 2 is 1.92 bits per heavy atom. The molecular weight excluding hydrogens is 494 g/mol. The van der Waals surface area contributed by atoms with E-state index in [9.17, 15) is 0 Å². The first-order chi connectivity index (χ1) is 18.4. The number of nitrogens with one attached hydrogen (secondary N) is 1. The summed E-state index contributed by atoms with van der Waals surface area (Å²) in [6.45, 7) is 28.6. The van der Waals surface area contributed by atoms with Crippen molar-refractivity contribution in [3.05, 3.63) is 96.1 Å². The van der Waals surface area contributed by atoms with Gasteiger partial charge in [-0.25, -0.2) is 4.99 Å². The first-order valence-corrected chi connectivity index (χ1v) is 17.7. The minimum absolute atomic E-state index is 0.0225. The number of hydrogen-bond donors (Lipinski definition) is 1. The van der Waals surface area contributed by atoms with Crippen LogP contribution in [0.4, 0.5) is 0 Å². The third-order valence-corrected chi connectivity index (χ3v) is 10.2. The van der Waals surface area contributed by atoms with Crippen molar-refractivity contribution < 1.29 is 9.30 Å². The number of aromatic nitrogens is 1. The van der Waals surface area contributed by atoms with Crippen molar-refractivity contribution >= 4 is 19.0 Å². The average Bonchev–Trinajstić information content (AvgIpc) is 3.00. The summed E-state index contributed by atoms with van der Waals surface area (Å²) in [7, 11) is -1.65. The lowest BCUT2D eigenvalue weighted by Crippen LogP contribution is -2.54. The van der Waals surface area contributed by atoms with Gasteiger partial charge in [0.25, 0.3) is 0 Å². The lowest BCUT2D eigenvalue weighted by Gasteiger charge is -2.33. The number of nitrogens with zero attached hydrogens (tertiary/aromatic N) is 2. The number of fused-ring (bicyclic) bond motifs is 6. The number of benzene rings is 1. The molecule has 0 bridgehead atoms. The van der Waals surface area contributed by atoms with Crippen LogP contribution in [0.2, 0.25) is 19.6 Å². The predicted octanol–water partition coefficient (Wildman–Crippen LogP) is 6.74. The molecule has 0 spiro atoms. The molecule has 3 aliphatic heterocycles. The molecule has 3 aliphatic rings. The number of pyridine rings is 1. The normalized spacial score (nSPS) is 23.0. The van der Waals surface area contributed by atoms with Gasteiger partial charge in [-0.15, -0.1) is 0 Å². The van der Waals surface area contributed by atoms with E-state index in [0.717, 1.165) is 42.8 Å². The van der Waals surface area contributed by atoms with Crippen LogP contribution >= 0.6 is 0 Å². The van der Waals surface area contributed by atoms with Gasteiger partial charge in [-0.3, -0.25) is 5.32 Å². The second kappa shape index (κ2) is 10.2. The summed E-state index contributed by atoms with van der Waals surface area (Å²) in [6, 6.07) is 11.5. The number of aliphatic imine (C=N–C) groups is 1. The Morgan fingerprint density at radius 1 is 1.18 bits per heavy atom.